The monoisotopic (exact) mass is 410 g/mol. The normalized spacial score (nSPS) is 15.6. The third-order valence-corrected chi connectivity index (χ3v) is 5.36. The highest BCUT2D eigenvalue weighted by Crippen LogP contribution is 2.31. The third-order valence-electron chi connectivity index (χ3n) is 5.36. The first kappa shape index (κ1) is 20.1. The molecule has 0 aromatic carbocycles. The number of hydrogen-bond acceptors (Lipinski definition) is 7. The fourth-order valence-corrected chi connectivity index (χ4v) is 3.86. The van der Waals surface area contributed by atoms with Gasteiger partial charge in [-0.3, -0.25) is 9.78 Å². The van der Waals surface area contributed by atoms with Gasteiger partial charge in [0.15, 0.2) is 5.82 Å². The molecule has 9 nitrogen and oxygen atoms in total. The molecule has 1 N–H and O–H groups in total. The second-order valence-corrected chi connectivity index (χ2v) is 7.36. The van der Waals surface area contributed by atoms with Crippen LogP contribution >= 0.6 is 0 Å². The van der Waals surface area contributed by atoms with E-state index < -0.39 is 5.97 Å². The Kier molecular flexibility index (Phi) is 6.06. The number of nitrogens with zero attached hydrogens (tertiary/aromatic N) is 5. The van der Waals surface area contributed by atoms with Gasteiger partial charge in [0.25, 0.3) is 0 Å². The number of amides is 2. The van der Waals surface area contributed by atoms with Gasteiger partial charge in [-0.25, -0.2) is 14.8 Å². The first-order valence-corrected chi connectivity index (χ1v) is 10.4. The van der Waals surface area contributed by atoms with E-state index in [2.05, 4.69) is 15.2 Å². The van der Waals surface area contributed by atoms with Crippen molar-refractivity contribution >= 4 is 17.8 Å². The van der Waals surface area contributed by atoms with Crippen molar-refractivity contribution in [3.63, 3.8) is 0 Å². The maximum atomic E-state index is 12.6. The predicted octanol–water partition coefficient (Wildman–Crippen LogP) is 1.77. The van der Waals surface area contributed by atoms with Crippen molar-refractivity contribution in [2.75, 3.05) is 37.7 Å². The highest BCUT2D eigenvalue weighted by molar-refractivity contribution is 5.81. The summed E-state index contributed by atoms with van der Waals surface area (Å²) in [4.78, 5) is 41.9. The summed E-state index contributed by atoms with van der Waals surface area (Å²) in [6, 6.07) is 3.54. The molecular weight excluding hydrogens is 384 g/mol. The molecule has 4 heterocycles. The average Bonchev–Trinajstić information content (AvgIpc) is 3.32. The molecular formula is C21H26N6O3. The minimum Gasteiger partial charge on any atom is -0.465 e. The summed E-state index contributed by atoms with van der Waals surface area (Å²) in [5, 5.41) is 2.65. The standard InChI is InChI=1S/C21H26N6O3/c1-2-30-18(28)13-23-21(29)27-12-7-17-16(14-27)20(26-10-3-4-11-26)25-19(24-17)15-5-8-22-9-6-15/h5-6,8-9H,2-4,7,10-14H2,1H3,(H,23,29). The zero-order chi connectivity index (χ0) is 20.9. The van der Waals surface area contributed by atoms with Crippen molar-refractivity contribution < 1.29 is 14.3 Å². The van der Waals surface area contributed by atoms with E-state index >= 15 is 0 Å². The van der Waals surface area contributed by atoms with E-state index in [9.17, 15) is 9.59 Å². The lowest BCUT2D eigenvalue weighted by atomic mass is 10.1. The molecule has 4 rings (SSSR count). The van der Waals surface area contributed by atoms with Gasteiger partial charge in [-0.1, -0.05) is 0 Å². The first-order chi connectivity index (χ1) is 14.7. The Labute approximate surface area is 175 Å². The Balaban J connectivity index is 1.58. The first-order valence-electron chi connectivity index (χ1n) is 10.4. The average molecular weight is 410 g/mol. The molecule has 0 bridgehead atoms. The van der Waals surface area contributed by atoms with E-state index in [0.29, 0.717) is 31.9 Å². The van der Waals surface area contributed by atoms with Crippen molar-refractivity contribution in [3.8, 4) is 11.4 Å². The number of nitrogens with one attached hydrogen (secondary N) is 1. The third kappa shape index (κ3) is 4.34. The SMILES string of the molecule is CCOC(=O)CNC(=O)N1CCc2nc(-c3ccncc3)nc(N3CCCC3)c2C1. The molecule has 2 aliphatic heterocycles. The molecule has 2 aromatic rings. The van der Waals surface area contributed by atoms with Crippen LogP contribution in [0.3, 0.4) is 0 Å². The van der Waals surface area contributed by atoms with E-state index in [1.165, 1.54) is 0 Å². The number of esters is 1. The van der Waals surface area contributed by atoms with Crippen LogP contribution in [0.1, 0.15) is 31.0 Å². The van der Waals surface area contributed by atoms with Crippen LogP contribution in [0, 0.1) is 0 Å². The molecule has 2 amide bonds. The lowest BCUT2D eigenvalue weighted by Gasteiger charge is -2.31. The van der Waals surface area contributed by atoms with Crippen molar-refractivity contribution in [2.45, 2.75) is 32.7 Å². The van der Waals surface area contributed by atoms with Crippen molar-refractivity contribution in [3.05, 3.63) is 35.8 Å². The summed E-state index contributed by atoms with van der Waals surface area (Å²) in [5.41, 5.74) is 2.91. The lowest BCUT2D eigenvalue weighted by Crippen LogP contribution is -2.45. The van der Waals surface area contributed by atoms with Crippen LogP contribution in [0.2, 0.25) is 0 Å². The van der Waals surface area contributed by atoms with Crippen LogP contribution in [0.5, 0.6) is 0 Å². The molecule has 0 atom stereocenters. The Morgan fingerprint density at radius 1 is 1.13 bits per heavy atom. The van der Waals surface area contributed by atoms with Gasteiger partial charge in [0.05, 0.1) is 18.8 Å². The van der Waals surface area contributed by atoms with Crippen molar-refractivity contribution in [1.29, 1.82) is 0 Å². The van der Waals surface area contributed by atoms with Crippen LogP contribution in [0.4, 0.5) is 10.6 Å². The minimum atomic E-state index is -0.439. The molecule has 9 heteroatoms. The topological polar surface area (TPSA) is 101 Å². The van der Waals surface area contributed by atoms with Gasteiger partial charge in [0, 0.05) is 49.6 Å². The molecule has 0 unspecified atom stereocenters. The number of rotatable bonds is 5. The largest absolute Gasteiger partial charge is 0.465 e. The molecule has 158 valence electrons. The molecule has 0 saturated carbocycles. The predicted molar refractivity (Wildman–Crippen MR) is 111 cm³/mol. The van der Waals surface area contributed by atoms with Gasteiger partial charge < -0.3 is 19.9 Å². The number of ether oxygens (including phenoxy) is 1. The molecule has 2 aliphatic rings. The molecule has 2 aromatic heterocycles. The zero-order valence-corrected chi connectivity index (χ0v) is 17.1. The number of hydrogen-bond donors (Lipinski definition) is 1. The Morgan fingerprint density at radius 3 is 2.63 bits per heavy atom. The summed E-state index contributed by atoms with van der Waals surface area (Å²) in [5.74, 6) is 1.16. The van der Waals surface area contributed by atoms with Crippen LogP contribution < -0.4 is 10.2 Å². The van der Waals surface area contributed by atoms with Gasteiger partial charge >= 0.3 is 12.0 Å². The van der Waals surface area contributed by atoms with Gasteiger partial charge in [-0.2, -0.15) is 0 Å². The summed E-state index contributed by atoms with van der Waals surface area (Å²) >= 11 is 0. The minimum absolute atomic E-state index is 0.132. The van der Waals surface area contributed by atoms with E-state index in [0.717, 1.165) is 48.6 Å². The van der Waals surface area contributed by atoms with Crippen LogP contribution in [-0.4, -0.2) is 64.6 Å². The smallest absolute Gasteiger partial charge is 0.325 e. The van der Waals surface area contributed by atoms with Gasteiger partial charge in [0.2, 0.25) is 0 Å². The molecule has 1 fully saturated rings. The molecule has 0 radical (unpaired) electrons. The van der Waals surface area contributed by atoms with E-state index in [1.54, 1.807) is 24.2 Å². The van der Waals surface area contributed by atoms with E-state index in [-0.39, 0.29) is 12.6 Å². The lowest BCUT2D eigenvalue weighted by molar-refractivity contribution is -0.141. The number of aromatic nitrogens is 3. The van der Waals surface area contributed by atoms with Gasteiger partial charge in [-0.15, -0.1) is 0 Å². The Morgan fingerprint density at radius 2 is 1.90 bits per heavy atom. The van der Waals surface area contributed by atoms with Crippen LogP contribution in [0.15, 0.2) is 24.5 Å². The number of anilines is 1. The highest BCUT2D eigenvalue weighted by atomic mass is 16.5. The Hall–Kier alpha value is -3.23. The number of carbonyl (C=O) groups excluding carboxylic acids is 2. The highest BCUT2D eigenvalue weighted by Gasteiger charge is 2.29. The number of pyridine rings is 1. The Bertz CT molecular complexity index is 914. The fourth-order valence-electron chi connectivity index (χ4n) is 3.86. The number of urea groups is 1. The maximum absolute atomic E-state index is 12.6. The summed E-state index contributed by atoms with van der Waals surface area (Å²) in [7, 11) is 0. The second-order valence-electron chi connectivity index (χ2n) is 7.36. The van der Waals surface area contributed by atoms with E-state index in [4.69, 9.17) is 14.7 Å². The van der Waals surface area contributed by atoms with Crippen LogP contribution in [-0.2, 0) is 22.5 Å². The van der Waals surface area contributed by atoms with Crippen LogP contribution in [0.25, 0.3) is 11.4 Å². The molecule has 30 heavy (non-hydrogen) atoms. The fraction of sp³-hybridized carbons (Fsp3) is 0.476. The molecule has 0 spiro atoms. The quantitative estimate of drug-likeness (QED) is 0.750. The van der Waals surface area contributed by atoms with Gasteiger partial charge in [-0.05, 0) is 31.9 Å². The number of fused-ring (bicyclic) bond motifs is 1. The summed E-state index contributed by atoms with van der Waals surface area (Å²) in [6.45, 7) is 4.76. The molecule has 1 saturated heterocycles. The summed E-state index contributed by atoms with van der Waals surface area (Å²) in [6.07, 6.45) is 6.39. The van der Waals surface area contributed by atoms with Crippen molar-refractivity contribution in [1.82, 2.24) is 25.2 Å². The van der Waals surface area contributed by atoms with Gasteiger partial charge in [0.1, 0.15) is 12.4 Å². The second kappa shape index (κ2) is 9.06. The molecule has 0 aliphatic carbocycles. The van der Waals surface area contributed by atoms with Crippen molar-refractivity contribution in [2.24, 2.45) is 0 Å². The zero-order valence-electron chi connectivity index (χ0n) is 17.1. The maximum Gasteiger partial charge on any atom is 0.325 e. The number of carbonyl (C=O) groups is 2. The summed E-state index contributed by atoms with van der Waals surface area (Å²) < 4.78 is 4.87. The van der Waals surface area contributed by atoms with E-state index in [1.807, 2.05) is 12.1 Å².